The van der Waals surface area contributed by atoms with Gasteiger partial charge in [-0.1, -0.05) is 36.1 Å². The molecule has 1 unspecified atom stereocenters. The number of fused-ring (bicyclic) bond motifs is 1. The average Bonchev–Trinajstić information content (AvgIpc) is 3.22. The molecule has 1 aliphatic heterocycles. The third-order valence-electron chi connectivity index (χ3n) is 6.03. The Morgan fingerprint density at radius 2 is 1.95 bits per heavy atom. The van der Waals surface area contributed by atoms with Crippen LogP contribution < -0.4 is 29.1 Å². The summed E-state index contributed by atoms with van der Waals surface area (Å²) in [6.07, 6.45) is 2.97. The lowest BCUT2D eigenvalue weighted by Crippen LogP contribution is -2.40. The van der Waals surface area contributed by atoms with Crippen molar-refractivity contribution in [2.45, 2.75) is 39.8 Å². The van der Waals surface area contributed by atoms with Crippen LogP contribution in [-0.2, 0) is 9.53 Å². The van der Waals surface area contributed by atoms with E-state index in [2.05, 4.69) is 11.6 Å². The number of esters is 1. The van der Waals surface area contributed by atoms with Gasteiger partial charge in [0.2, 0.25) is 0 Å². The number of nitrogens with zero attached hydrogens (tertiary/aromatic N) is 2. The van der Waals surface area contributed by atoms with Gasteiger partial charge in [0.1, 0.15) is 6.61 Å². The van der Waals surface area contributed by atoms with Gasteiger partial charge in [-0.05, 0) is 69.2 Å². The number of hydrogen-bond acceptors (Lipinski definition) is 9. The lowest BCUT2D eigenvalue weighted by atomic mass is 9.95. The highest BCUT2D eigenvalue weighted by Gasteiger charge is 2.34. The van der Waals surface area contributed by atoms with Crippen molar-refractivity contribution < 1.29 is 28.8 Å². The second-order valence-electron chi connectivity index (χ2n) is 9.21. The highest BCUT2D eigenvalue weighted by atomic mass is 32.1. The van der Waals surface area contributed by atoms with Crippen LogP contribution in [-0.4, -0.2) is 42.1 Å². The second kappa shape index (κ2) is 12.3. The standard InChI is InChI=1S/C30H32N2O7S/c1-7-13-38-22-12-10-20(16-24(22)36-6)27-26(29(35)39-17(3)4)18(5)31-30-32(27)28(34)25(40-30)15-19-9-11-21(33)23(14-19)37-8-2/h7,9-12,14-17,27,33H,1,8,13H2,2-6H3. The molecular weight excluding hydrogens is 532 g/mol. The normalized spacial score (nSPS) is 14.9. The molecule has 0 aliphatic carbocycles. The summed E-state index contributed by atoms with van der Waals surface area (Å²) in [5.41, 5.74) is 1.69. The van der Waals surface area contributed by atoms with E-state index in [-0.39, 0.29) is 23.0 Å². The highest BCUT2D eigenvalue weighted by molar-refractivity contribution is 7.07. The summed E-state index contributed by atoms with van der Waals surface area (Å²) in [5.74, 6) is 0.728. The molecule has 1 N–H and O–H groups in total. The van der Waals surface area contributed by atoms with Gasteiger partial charge in [-0.25, -0.2) is 9.79 Å². The Morgan fingerprint density at radius 3 is 2.62 bits per heavy atom. The number of methoxy groups -OCH3 is 1. The van der Waals surface area contributed by atoms with Crippen LogP contribution in [0.5, 0.6) is 23.0 Å². The molecule has 1 aromatic heterocycles. The predicted molar refractivity (Wildman–Crippen MR) is 153 cm³/mol. The monoisotopic (exact) mass is 564 g/mol. The van der Waals surface area contributed by atoms with E-state index in [9.17, 15) is 14.7 Å². The number of hydrogen-bond donors (Lipinski definition) is 1. The molecule has 40 heavy (non-hydrogen) atoms. The van der Waals surface area contributed by atoms with Gasteiger partial charge < -0.3 is 24.1 Å². The number of benzene rings is 2. The Morgan fingerprint density at radius 1 is 1.18 bits per heavy atom. The number of aromatic nitrogens is 1. The summed E-state index contributed by atoms with van der Waals surface area (Å²) in [5, 5.41) is 10.1. The third kappa shape index (κ3) is 5.81. The molecule has 0 radical (unpaired) electrons. The molecule has 9 nitrogen and oxygen atoms in total. The van der Waals surface area contributed by atoms with Crippen molar-refractivity contribution in [2.24, 2.45) is 4.99 Å². The molecule has 2 heterocycles. The van der Waals surface area contributed by atoms with Crippen molar-refractivity contribution in [1.82, 2.24) is 4.57 Å². The molecule has 0 amide bonds. The summed E-state index contributed by atoms with van der Waals surface area (Å²) >= 11 is 1.21. The number of carbonyl (C=O) groups is 1. The zero-order valence-corrected chi connectivity index (χ0v) is 23.9. The van der Waals surface area contributed by atoms with Gasteiger partial charge in [0.25, 0.3) is 5.56 Å². The largest absolute Gasteiger partial charge is 0.504 e. The van der Waals surface area contributed by atoms with Crippen molar-refractivity contribution in [3.8, 4) is 23.0 Å². The maximum absolute atomic E-state index is 13.9. The molecular formula is C30H32N2O7S. The van der Waals surface area contributed by atoms with Crippen LogP contribution >= 0.6 is 11.3 Å². The molecule has 0 saturated carbocycles. The van der Waals surface area contributed by atoms with E-state index in [1.165, 1.54) is 29.1 Å². The topological polar surface area (TPSA) is 109 Å². The second-order valence-corrected chi connectivity index (χ2v) is 10.2. The summed E-state index contributed by atoms with van der Waals surface area (Å²) in [6.45, 7) is 11.4. The molecule has 210 valence electrons. The quantitative estimate of drug-likeness (QED) is 0.294. The molecule has 0 bridgehead atoms. The third-order valence-corrected chi connectivity index (χ3v) is 7.01. The fourth-order valence-electron chi connectivity index (χ4n) is 4.34. The number of phenols is 1. The number of thiazole rings is 1. The maximum atomic E-state index is 13.9. The Balaban J connectivity index is 1.92. The van der Waals surface area contributed by atoms with Gasteiger partial charge in [0, 0.05) is 0 Å². The number of aromatic hydroxyl groups is 1. The summed E-state index contributed by atoms with van der Waals surface area (Å²) < 4.78 is 24.2. The number of allylic oxidation sites excluding steroid dienone is 1. The van der Waals surface area contributed by atoms with E-state index in [4.69, 9.17) is 18.9 Å². The summed E-state index contributed by atoms with van der Waals surface area (Å²) in [6, 6.07) is 9.33. The molecule has 2 aromatic carbocycles. The van der Waals surface area contributed by atoms with Crippen LogP contribution in [0.15, 0.2) is 70.1 Å². The number of ether oxygens (including phenoxy) is 4. The van der Waals surface area contributed by atoms with Crippen LogP contribution in [0.4, 0.5) is 0 Å². The highest BCUT2D eigenvalue weighted by Crippen LogP contribution is 2.36. The van der Waals surface area contributed by atoms with Crippen LogP contribution in [0, 0.1) is 0 Å². The summed E-state index contributed by atoms with van der Waals surface area (Å²) in [4.78, 5) is 32.3. The number of rotatable bonds is 10. The summed E-state index contributed by atoms with van der Waals surface area (Å²) in [7, 11) is 1.52. The van der Waals surface area contributed by atoms with Crippen LogP contribution in [0.25, 0.3) is 6.08 Å². The maximum Gasteiger partial charge on any atom is 0.338 e. The minimum atomic E-state index is -0.814. The van der Waals surface area contributed by atoms with Crippen molar-refractivity contribution in [3.05, 3.63) is 91.1 Å². The fraction of sp³-hybridized carbons (Fsp3) is 0.300. The van der Waals surface area contributed by atoms with Crippen LogP contribution in [0.2, 0.25) is 0 Å². The molecule has 0 fully saturated rings. The molecule has 10 heteroatoms. The molecule has 1 atom stereocenters. The van der Waals surface area contributed by atoms with E-state index in [1.54, 1.807) is 63.3 Å². The van der Waals surface area contributed by atoms with Gasteiger partial charge in [0.15, 0.2) is 27.8 Å². The van der Waals surface area contributed by atoms with Gasteiger partial charge in [-0.2, -0.15) is 0 Å². The van der Waals surface area contributed by atoms with Gasteiger partial charge >= 0.3 is 5.97 Å². The minimum Gasteiger partial charge on any atom is -0.504 e. The minimum absolute atomic E-state index is 0.0128. The predicted octanol–water partition coefficient (Wildman–Crippen LogP) is 3.86. The van der Waals surface area contributed by atoms with Crippen LogP contribution in [0.1, 0.15) is 44.9 Å². The molecule has 1 aliphatic rings. The Kier molecular flexibility index (Phi) is 8.79. The average molecular weight is 565 g/mol. The van der Waals surface area contributed by atoms with Crippen molar-refractivity contribution in [3.63, 3.8) is 0 Å². The van der Waals surface area contributed by atoms with E-state index in [0.29, 0.717) is 56.6 Å². The van der Waals surface area contributed by atoms with Crippen LogP contribution in [0.3, 0.4) is 0 Å². The van der Waals surface area contributed by atoms with Crippen molar-refractivity contribution >= 4 is 23.4 Å². The van der Waals surface area contributed by atoms with Gasteiger partial charge in [-0.15, -0.1) is 0 Å². The lowest BCUT2D eigenvalue weighted by Gasteiger charge is -2.26. The van der Waals surface area contributed by atoms with E-state index < -0.39 is 12.0 Å². The first-order valence-corrected chi connectivity index (χ1v) is 13.6. The fourth-order valence-corrected chi connectivity index (χ4v) is 5.39. The van der Waals surface area contributed by atoms with Gasteiger partial charge in [0.05, 0.1) is 41.7 Å². The van der Waals surface area contributed by atoms with Crippen molar-refractivity contribution in [1.29, 1.82) is 0 Å². The number of phenolic OH excluding ortho intramolecular Hbond substituents is 1. The first-order chi connectivity index (χ1) is 19.2. The zero-order valence-electron chi connectivity index (χ0n) is 23.1. The Bertz CT molecular complexity index is 1650. The van der Waals surface area contributed by atoms with Crippen molar-refractivity contribution in [2.75, 3.05) is 20.3 Å². The smallest absolute Gasteiger partial charge is 0.338 e. The zero-order chi connectivity index (χ0) is 29.0. The Labute approximate surface area is 235 Å². The number of carbonyl (C=O) groups excluding carboxylic acids is 1. The Hall–Kier alpha value is -4.31. The first kappa shape index (κ1) is 28.7. The molecule has 0 saturated heterocycles. The van der Waals surface area contributed by atoms with Gasteiger partial charge in [-0.3, -0.25) is 9.36 Å². The van der Waals surface area contributed by atoms with E-state index >= 15 is 0 Å². The van der Waals surface area contributed by atoms with E-state index in [0.717, 1.165) is 0 Å². The molecule has 4 rings (SSSR count). The van der Waals surface area contributed by atoms with E-state index in [1.807, 2.05) is 6.92 Å². The molecule has 3 aromatic rings. The molecule has 0 spiro atoms. The SMILES string of the molecule is C=CCOc1ccc(C2C(C(=O)OC(C)C)=C(C)N=c3sc(=Cc4ccc(O)c(OCC)c4)c(=O)n32)cc1OC. The first-order valence-electron chi connectivity index (χ1n) is 12.8. The lowest BCUT2D eigenvalue weighted by molar-refractivity contribution is -0.143.